The lowest BCUT2D eigenvalue weighted by Crippen LogP contribution is -2.01. The molecule has 114 valence electrons. The van der Waals surface area contributed by atoms with Gasteiger partial charge >= 0.3 is 0 Å². The maximum Gasteiger partial charge on any atom is 0.177 e. The van der Waals surface area contributed by atoms with Gasteiger partial charge in [-0.05, 0) is 29.8 Å². The molecule has 0 amide bonds. The van der Waals surface area contributed by atoms with Crippen LogP contribution in [0.25, 0.3) is 16.9 Å². The van der Waals surface area contributed by atoms with Gasteiger partial charge in [0.25, 0.3) is 0 Å². The summed E-state index contributed by atoms with van der Waals surface area (Å²) in [6, 6.07) is 12.0. The molecule has 0 unspecified atom stereocenters. The first-order chi connectivity index (χ1) is 11.2. The molecule has 0 radical (unpaired) electrons. The Labute approximate surface area is 140 Å². The average Bonchev–Trinajstić information content (AvgIpc) is 3.14. The van der Waals surface area contributed by atoms with E-state index in [-0.39, 0.29) is 0 Å². The highest BCUT2D eigenvalue weighted by atomic mass is 79.9. The molecule has 3 aromatic heterocycles. The van der Waals surface area contributed by atoms with E-state index in [4.69, 9.17) is 0 Å². The average molecular weight is 369 g/mol. The summed E-state index contributed by atoms with van der Waals surface area (Å²) in [5.74, 6) is 0.809. The SMILES string of the molecule is Cn1cc(-c2ccc3nnc(Cc4cccc(Br)c4)n3n2)cn1. The zero-order chi connectivity index (χ0) is 15.8. The maximum absolute atomic E-state index is 4.66. The molecule has 0 N–H and O–H groups in total. The van der Waals surface area contributed by atoms with Crippen molar-refractivity contribution < 1.29 is 0 Å². The predicted molar refractivity (Wildman–Crippen MR) is 89.9 cm³/mol. The first kappa shape index (κ1) is 14.1. The van der Waals surface area contributed by atoms with Crippen molar-refractivity contribution in [2.75, 3.05) is 0 Å². The van der Waals surface area contributed by atoms with Crippen molar-refractivity contribution in [2.24, 2.45) is 7.05 Å². The van der Waals surface area contributed by atoms with Gasteiger partial charge in [-0.25, -0.2) is 0 Å². The summed E-state index contributed by atoms with van der Waals surface area (Å²) in [6.07, 6.45) is 4.41. The molecule has 0 spiro atoms. The van der Waals surface area contributed by atoms with Crippen molar-refractivity contribution in [1.29, 1.82) is 0 Å². The monoisotopic (exact) mass is 368 g/mol. The molecular weight excluding hydrogens is 356 g/mol. The van der Waals surface area contributed by atoms with E-state index in [0.29, 0.717) is 6.42 Å². The third-order valence-electron chi connectivity index (χ3n) is 3.58. The van der Waals surface area contributed by atoms with E-state index in [0.717, 1.165) is 32.8 Å². The van der Waals surface area contributed by atoms with Gasteiger partial charge in [0.1, 0.15) is 0 Å². The van der Waals surface area contributed by atoms with Crippen LogP contribution in [0.15, 0.2) is 53.3 Å². The van der Waals surface area contributed by atoms with E-state index in [2.05, 4.69) is 48.5 Å². The van der Waals surface area contributed by atoms with E-state index < -0.39 is 0 Å². The fraction of sp³-hybridized carbons (Fsp3) is 0.125. The second kappa shape index (κ2) is 5.58. The fourth-order valence-electron chi connectivity index (χ4n) is 2.48. The Morgan fingerprint density at radius 2 is 2.04 bits per heavy atom. The Hall–Kier alpha value is -2.54. The molecular formula is C16H13BrN6. The van der Waals surface area contributed by atoms with Gasteiger partial charge in [0.15, 0.2) is 11.5 Å². The predicted octanol–water partition coefficient (Wildman–Crippen LogP) is 2.88. The van der Waals surface area contributed by atoms with Crippen molar-refractivity contribution in [2.45, 2.75) is 6.42 Å². The minimum Gasteiger partial charge on any atom is -0.275 e. The topological polar surface area (TPSA) is 60.9 Å². The number of nitrogens with zero attached hydrogens (tertiary/aromatic N) is 6. The van der Waals surface area contributed by atoms with Crippen LogP contribution < -0.4 is 0 Å². The summed E-state index contributed by atoms with van der Waals surface area (Å²) in [5, 5.41) is 17.3. The standard InChI is InChI=1S/C16H13BrN6/c1-22-10-12(9-18-22)14-5-6-15-19-20-16(23(15)21-14)8-11-3-2-4-13(17)7-11/h2-7,9-10H,8H2,1H3. The summed E-state index contributed by atoms with van der Waals surface area (Å²) >= 11 is 3.49. The van der Waals surface area contributed by atoms with Crippen LogP contribution in [0, 0.1) is 0 Å². The highest BCUT2D eigenvalue weighted by Gasteiger charge is 2.10. The molecule has 0 bridgehead atoms. The maximum atomic E-state index is 4.66. The molecule has 0 fully saturated rings. The van der Waals surface area contributed by atoms with Crippen LogP contribution in [0.2, 0.25) is 0 Å². The van der Waals surface area contributed by atoms with Crippen molar-refractivity contribution >= 4 is 21.6 Å². The lowest BCUT2D eigenvalue weighted by Gasteiger charge is -2.02. The van der Waals surface area contributed by atoms with E-state index in [9.17, 15) is 0 Å². The summed E-state index contributed by atoms with van der Waals surface area (Å²) in [4.78, 5) is 0. The summed E-state index contributed by atoms with van der Waals surface area (Å²) in [7, 11) is 1.89. The van der Waals surface area contributed by atoms with Gasteiger partial charge in [-0.15, -0.1) is 10.2 Å². The zero-order valence-electron chi connectivity index (χ0n) is 12.4. The Balaban J connectivity index is 1.75. The molecule has 1 aromatic carbocycles. The molecule has 0 aliphatic rings. The van der Waals surface area contributed by atoms with Crippen molar-refractivity contribution in [1.82, 2.24) is 29.6 Å². The van der Waals surface area contributed by atoms with Gasteiger partial charge in [0.05, 0.1) is 11.9 Å². The first-order valence-corrected chi connectivity index (χ1v) is 7.93. The molecule has 0 aliphatic carbocycles. The molecule has 0 saturated carbocycles. The number of hydrogen-bond acceptors (Lipinski definition) is 4. The Bertz CT molecular complexity index is 987. The lowest BCUT2D eigenvalue weighted by atomic mass is 10.1. The van der Waals surface area contributed by atoms with Crippen LogP contribution in [0.5, 0.6) is 0 Å². The molecule has 3 heterocycles. The van der Waals surface area contributed by atoms with Gasteiger partial charge in [0.2, 0.25) is 0 Å². The minimum absolute atomic E-state index is 0.671. The second-order valence-corrected chi connectivity index (χ2v) is 6.23. The molecule has 23 heavy (non-hydrogen) atoms. The summed E-state index contributed by atoms with van der Waals surface area (Å²) in [5.41, 5.74) is 3.71. The van der Waals surface area contributed by atoms with E-state index >= 15 is 0 Å². The quantitative estimate of drug-likeness (QED) is 0.557. The van der Waals surface area contributed by atoms with Gasteiger partial charge < -0.3 is 0 Å². The molecule has 4 rings (SSSR count). The largest absolute Gasteiger partial charge is 0.275 e. The summed E-state index contributed by atoms with van der Waals surface area (Å²) < 4.78 is 4.60. The van der Waals surface area contributed by atoms with Gasteiger partial charge in [0, 0.05) is 29.7 Å². The van der Waals surface area contributed by atoms with Crippen molar-refractivity contribution in [3.8, 4) is 11.3 Å². The highest BCUT2D eigenvalue weighted by Crippen LogP contribution is 2.18. The lowest BCUT2D eigenvalue weighted by molar-refractivity contribution is 0.768. The molecule has 7 heteroatoms. The first-order valence-electron chi connectivity index (χ1n) is 7.14. The number of halogens is 1. The normalized spacial score (nSPS) is 11.2. The number of aromatic nitrogens is 6. The van der Waals surface area contributed by atoms with Crippen LogP contribution in [-0.4, -0.2) is 29.6 Å². The smallest absolute Gasteiger partial charge is 0.177 e. The number of hydrogen-bond donors (Lipinski definition) is 0. The van der Waals surface area contributed by atoms with E-state index in [1.54, 1.807) is 15.4 Å². The number of benzene rings is 1. The molecule has 0 saturated heterocycles. The van der Waals surface area contributed by atoms with Crippen LogP contribution in [-0.2, 0) is 13.5 Å². The van der Waals surface area contributed by atoms with Crippen LogP contribution in [0.1, 0.15) is 11.4 Å². The van der Waals surface area contributed by atoms with Crippen molar-refractivity contribution in [3.05, 3.63) is 64.7 Å². The van der Waals surface area contributed by atoms with Crippen LogP contribution >= 0.6 is 15.9 Å². The van der Waals surface area contributed by atoms with Gasteiger partial charge in [-0.3, -0.25) is 4.68 Å². The third-order valence-corrected chi connectivity index (χ3v) is 4.07. The fourth-order valence-corrected chi connectivity index (χ4v) is 2.93. The third kappa shape index (κ3) is 2.75. The second-order valence-electron chi connectivity index (χ2n) is 5.31. The molecule has 0 aliphatic heterocycles. The minimum atomic E-state index is 0.671. The van der Waals surface area contributed by atoms with Crippen LogP contribution in [0.4, 0.5) is 0 Å². The van der Waals surface area contributed by atoms with Crippen LogP contribution in [0.3, 0.4) is 0 Å². The van der Waals surface area contributed by atoms with E-state index in [1.165, 1.54) is 0 Å². The highest BCUT2D eigenvalue weighted by molar-refractivity contribution is 9.10. The summed E-state index contributed by atoms with van der Waals surface area (Å²) in [6.45, 7) is 0. The van der Waals surface area contributed by atoms with Crippen molar-refractivity contribution in [3.63, 3.8) is 0 Å². The van der Waals surface area contributed by atoms with Gasteiger partial charge in [-0.1, -0.05) is 28.1 Å². The zero-order valence-corrected chi connectivity index (χ0v) is 14.0. The number of fused-ring (bicyclic) bond motifs is 1. The number of rotatable bonds is 3. The van der Waals surface area contributed by atoms with E-state index in [1.807, 2.05) is 37.5 Å². The molecule has 6 nitrogen and oxygen atoms in total. The Morgan fingerprint density at radius 1 is 1.13 bits per heavy atom. The Morgan fingerprint density at radius 3 is 2.83 bits per heavy atom. The Kier molecular flexibility index (Phi) is 3.42. The van der Waals surface area contributed by atoms with Gasteiger partial charge in [-0.2, -0.15) is 14.7 Å². The molecule has 4 aromatic rings. The number of aryl methyl sites for hydroxylation is 1. The molecule has 0 atom stereocenters.